The van der Waals surface area contributed by atoms with E-state index >= 15 is 0 Å². The lowest BCUT2D eigenvalue weighted by Gasteiger charge is -2.30. The predicted molar refractivity (Wildman–Crippen MR) is 111 cm³/mol. The van der Waals surface area contributed by atoms with Gasteiger partial charge in [-0.05, 0) is 37.5 Å². The van der Waals surface area contributed by atoms with Crippen molar-refractivity contribution in [3.8, 4) is 5.75 Å². The minimum Gasteiger partial charge on any atom is -0.491 e. The fourth-order valence-corrected chi connectivity index (χ4v) is 2.86. The van der Waals surface area contributed by atoms with E-state index in [0.29, 0.717) is 6.61 Å². The Kier molecular flexibility index (Phi) is 8.12. The topological polar surface area (TPSA) is 35.9 Å². The largest absolute Gasteiger partial charge is 0.491 e. The highest BCUT2D eigenvalue weighted by atomic mass is 16.5. The maximum atomic E-state index is 9.28. The van der Waals surface area contributed by atoms with Gasteiger partial charge in [-0.25, -0.2) is 0 Å². The highest BCUT2D eigenvalue weighted by Gasteiger charge is 2.26. The van der Waals surface area contributed by atoms with E-state index in [4.69, 9.17) is 4.74 Å². The van der Waals surface area contributed by atoms with Gasteiger partial charge < -0.3 is 19.6 Å². The second-order valence-electron chi connectivity index (χ2n) is 9.63. The van der Waals surface area contributed by atoms with Crippen LogP contribution in [0.5, 0.6) is 5.75 Å². The number of likely N-dealkylation sites (N-methyl/N-ethyl adjacent to an activating group) is 2. The molecule has 4 nitrogen and oxygen atoms in total. The van der Waals surface area contributed by atoms with E-state index in [0.717, 1.165) is 25.4 Å². The van der Waals surface area contributed by atoms with Crippen LogP contribution in [-0.4, -0.2) is 62.4 Å². The zero-order valence-electron chi connectivity index (χ0n) is 18.4. The third-order valence-electron chi connectivity index (χ3n) is 4.55. The van der Waals surface area contributed by atoms with Gasteiger partial charge in [0.2, 0.25) is 0 Å². The van der Waals surface area contributed by atoms with Crippen molar-refractivity contribution in [3.05, 3.63) is 28.8 Å². The number of hydrogen-bond donors (Lipinski definition) is 1. The first kappa shape index (κ1) is 22.9. The maximum Gasteiger partial charge on any atom is 0.127 e. The number of benzene rings is 1. The quantitative estimate of drug-likeness (QED) is 0.764. The van der Waals surface area contributed by atoms with Crippen molar-refractivity contribution in [3.63, 3.8) is 0 Å². The van der Waals surface area contributed by atoms with Crippen LogP contribution in [0.15, 0.2) is 12.1 Å². The van der Waals surface area contributed by atoms with Gasteiger partial charge in [0.15, 0.2) is 0 Å². The van der Waals surface area contributed by atoms with E-state index in [1.807, 2.05) is 0 Å². The Morgan fingerprint density at radius 3 is 2.00 bits per heavy atom. The van der Waals surface area contributed by atoms with Crippen molar-refractivity contribution in [2.24, 2.45) is 0 Å². The zero-order valence-corrected chi connectivity index (χ0v) is 18.4. The summed E-state index contributed by atoms with van der Waals surface area (Å²) >= 11 is 0. The smallest absolute Gasteiger partial charge is 0.127 e. The molecule has 0 aliphatic carbocycles. The molecule has 0 heterocycles. The molecule has 1 aromatic carbocycles. The summed E-state index contributed by atoms with van der Waals surface area (Å²) in [6.07, 6.45) is 0. The fourth-order valence-electron chi connectivity index (χ4n) is 2.86. The third-order valence-corrected chi connectivity index (χ3v) is 4.55. The average molecular weight is 365 g/mol. The van der Waals surface area contributed by atoms with Crippen LogP contribution in [0.2, 0.25) is 0 Å². The minimum atomic E-state index is -0.0248. The molecular formula is C22H40N2O2. The van der Waals surface area contributed by atoms with Crippen LogP contribution in [0.4, 0.5) is 0 Å². The molecule has 26 heavy (non-hydrogen) atoms. The molecule has 0 saturated carbocycles. The molecular weight excluding hydrogens is 324 g/mol. The summed E-state index contributed by atoms with van der Waals surface area (Å²) in [5, 5.41) is 9.28. The van der Waals surface area contributed by atoms with Gasteiger partial charge in [0, 0.05) is 30.8 Å². The lowest BCUT2D eigenvalue weighted by Crippen LogP contribution is -2.29. The first-order valence-corrected chi connectivity index (χ1v) is 9.61. The van der Waals surface area contributed by atoms with Crippen LogP contribution in [0.1, 0.15) is 58.2 Å². The summed E-state index contributed by atoms with van der Waals surface area (Å²) in [5.74, 6) is 0.941. The molecule has 0 unspecified atom stereocenters. The normalized spacial score (nSPS) is 12.9. The van der Waals surface area contributed by atoms with Gasteiger partial charge in [-0.3, -0.25) is 0 Å². The van der Waals surface area contributed by atoms with Crippen molar-refractivity contribution in [2.45, 2.75) is 58.9 Å². The second kappa shape index (κ2) is 9.20. The number of rotatable bonds is 8. The number of aliphatic hydroxyl groups excluding tert-OH is 1. The summed E-state index contributed by atoms with van der Waals surface area (Å²) in [6, 6.07) is 4.57. The molecule has 150 valence electrons. The van der Waals surface area contributed by atoms with Crippen LogP contribution in [0, 0.1) is 0 Å². The molecule has 0 saturated heterocycles. The highest BCUT2D eigenvalue weighted by molar-refractivity contribution is 5.49. The molecule has 1 N–H and O–H groups in total. The molecule has 0 atom stereocenters. The molecule has 0 aliphatic rings. The Labute approximate surface area is 161 Å². The Bertz CT molecular complexity index is 569. The standard InChI is InChI=1S/C22H40N2O2/c1-21(2,3)18-14-17(16-24(9)11-10-23(7)8)20(26-13-12-25)19(15-18)22(4,5)6/h14-15,25H,10-13,16H2,1-9H3. The molecule has 0 spiro atoms. The molecule has 0 aromatic heterocycles. The van der Waals surface area contributed by atoms with Gasteiger partial charge >= 0.3 is 0 Å². The molecule has 0 fully saturated rings. The summed E-state index contributed by atoms with van der Waals surface area (Å²) < 4.78 is 6.05. The van der Waals surface area contributed by atoms with E-state index in [2.05, 4.69) is 84.6 Å². The third kappa shape index (κ3) is 6.90. The second-order valence-corrected chi connectivity index (χ2v) is 9.63. The van der Waals surface area contributed by atoms with E-state index < -0.39 is 0 Å². The van der Waals surface area contributed by atoms with Crippen molar-refractivity contribution in [1.82, 2.24) is 9.80 Å². The summed E-state index contributed by atoms with van der Waals surface area (Å²) in [5.41, 5.74) is 3.80. The molecule has 1 aromatic rings. The molecule has 1 rings (SSSR count). The molecule has 0 bridgehead atoms. The van der Waals surface area contributed by atoms with E-state index in [1.165, 1.54) is 16.7 Å². The minimum absolute atomic E-state index is 0.0248. The Balaban J connectivity index is 3.37. The predicted octanol–water partition coefficient (Wildman–Crippen LogP) is 3.65. The van der Waals surface area contributed by atoms with E-state index in [9.17, 15) is 5.11 Å². The summed E-state index contributed by atoms with van der Waals surface area (Å²) in [4.78, 5) is 4.53. The number of hydrogen-bond acceptors (Lipinski definition) is 4. The lowest BCUT2D eigenvalue weighted by molar-refractivity contribution is 0.195. The Morgan fingerprint density at radius 2 is 1.54 bits per heavy atom. The first-order valence-electron chi connectivity index (χ1n) is 9.61. The monoisotopic (exact) mass is 364 g/mol. The van der Waals surface area contributed by atoms with Crippen LogP contribution >= 0.6 is 0 Å². The van der Waals surface area contributed by atoms with Crippen LogP contribution in [0.3, 0.4) is 0 Å². The SMILES string of the molecule is CN(C)CCN(C)Cc1cc(C(C)(C)C)cc(C(C)(C)C)c1OCCO. The van der Waals surface area contributed by atoms with Crippen LogP contribution in [-0.2, 0) is 17.4 Å². The van der Waals surface area contributed by atoms with Gasteiger partial charge in [0.1, 0.15) is 12.4 Å². The first-order chi connectivity index (χ1) is 11.9. The molecule has 0 amide bonds. The Hall–Kier alpha value is -1.10. The van der Waals surface area contributed by atoms with E-state index in [1.54, 1.807) is 0 Å². The average Bonchev–Trinajstić information content (AvgIpc) is 2.49. The van der Waals surface area contributed by atoms with Crippen molar-refractivity contribution < 1.29 is 9.84 Å². The fraction of sp³-hybridized carbons (Fsp3) is 0.727. The van der Waals surface area contributed by atoms with Crippen molar-refractivity contribution in [1.29, 1.82) is 0 Å². The maximum absolute atomic E-state index is 9.28. The molecule has 0 radical (unpaired) electrons. The van der Waals surface area contributed by atoms with Crippen molar-refractivity contribution >= 4 is 0 Å². The highest BCUT2D eigenvalue weighted by Crippen LogP contribution is 2.39. The van der Waals surface area contributed by atoms with Gasteiger partial charge in [0.25, 0.3) is 0 Å². The lowest BCUT2D eigenvalue weighted by atomic mass is 9.79. The van der Waals surface area contributed by atoms with Gasteiger partial charge in [-0.2, -0.15) is 0 Å². The van der Waals surface area contributed by atoms with Crippen LogP contribution in [0.25, 0.3) is 0 Å². The summed E-state index contributed by atoms with van der Waals surface area (Å²) in [7, 11) is 6.35. The van der Waals surface area contributed by atoms with Gasteiger partial charge in [0.05, 0.1) is 6.61 Å². The zero-order chi connectivity index (χ0) is 20.1. The number of aliphatic hydroxyl groups is 1. The molecule has 0 aliphatic heterocycles. The number of ether oxygens (including phenoxy) is 1. The van der Waals surface area contributed by atoms with E-state index in [-0.39, 0.29) is 17.4 Å². The van der Waals surface area contributed by atoms with Gasteiger partial charge in [-0.15, -0.1) is 0 Å². The van der Waals surface area contributed by atoms with Gasteiger partial charge in [-0.1, -0.05) is 53.7 Å². The van der Waals surface area contributed by atoms with Crippen molar-refractivity contribution in [2.75, 3.05) is 47.4 Å². The Morgan fingerprint density at radius 1 is 0.923 bits per heavy atom. The number of nitrogens with zero attached hydrogens (tertiary/aromatic N) is 2. The molecule has 4 heteroatoms. The van der Waals surface area contributed by atoms with Crippen LogP contribution < -0.4 is 4.74 Å². The summed E-state index contributed by atoms with van der Waals surface area (Å²) in [6.45, 7) is 16.6.